The number of nitrogens with one attached hydrogen (secondary N) is 1. The van der Waals surface area contributed by atoms with E-state index in [0.717, 1.165) is 66.6 Å². The zero-order chi connectivity index (χ0) is 47.9. The Bertz CT molecular complexity index is 3780. The van der Waals surface area contributed by atoms with E-state index in [-0.39, 0.29) is 9.79 Å². The van der Waals surface area contributed by atoms with Crippen LogP contribution in [0.4, 0.5) is 0 Å². The van der Waals surface area contributed by atoms with Crippen LogP contribution in [0, 0.1) is 11.3 Å². The van der Waals surface area contributed by atoms with E-state index in [4.69, 9.17) is 0 Å². The van der Waals surface area contributed by atoms with Crippen LogP contribution in [0.5, 0.6) is 0 Å². The summed E-state index contributed by atoms with van der Waals surface area (Å²) in [7, 11) is -1.84. The van der Waals surface area contributed by atoms with Crippen LogP contribution in [0.1, 0.15) is 99.6 Å². The fourth-order valence-corrected chi connectivity index (χ4v) is 12.5. The van der Waals surface area contributed by atoms with E-state index in [2.05, 4.69) is 142 Å². The van der Waals surface area contributed by atoms with Crippen molar-refractivity contribution in [2.24, 2.45) is 0 Å². The molecule has 0 amide bonds. The summed E-state index contributed by atoms with van der Waals surface area (Å²) in [5.74, 6) is 0. The van der Waals surface area contributed by atoms with Crippen molar-refractivity contribution in [1.29, 1.82) is 5.26 Å². The Morgan fingerprint density at radius 2 is 1.03 bits per heavy atom. The fourth-order valence-electron chi connectivity index (χ4n) is 11.3. The molecule has 1 aliphatic rings. The van der Waals surface area contributed by atoms with Crippen LogP contribution < -0.4 is 5.32 Å². The number of fused-ring (bicyclic) bond motifs is 12. The fraction of sp³-hybridized carbons (Fsp3) is 0.242. The summed E-state index contributed by atoms with van der Waals surface area (Å²) in [6.45, 7) is 4.54. The minimum Gasteiger partial charge on any atom is -0.391 e. The second-order valence-corrected chi connectivity index (χ2v) is 21.0. The summed E-state index contributed by atoms with van der Waals surface area (Å²) in [6, 6.07) is 51.7. The summed E-state index contributed by atoms with van der Waals surface area (Å²) >= 11 is 0. The number of unbranched alkanes of at least 4 members (excludes halogenated alkanes) is 6. The molecular formula is C62H59N5O2S. The van der Waals surface area contributed by atoms with E-state index in [0.29, 0.717) is 5.56 Å². The topological polar surface area (TPSA) is 84.8 Å². The number of rotatable bonds is 16. The highest BCUT2D eigenvalue weighted by molar-refractivity contribution is 7.91. The zero-order valence-corrected chi connectivity index (χ0v) is 41.2. The van der Waals surface area contributed by atoms with Gasteiger partial charge in [-0.25, -0.2) is 8.42 Å². The highest BCUT2D eigenvalue weighted by Crippen LogP contribution is 2.51. The molecule has 3 heterocycles. The first-order valence-electron chi connectivity index (χ1n) is 25.3. The number of nitrogens with zero attached hydrogens (tertiary/aromatic N) is 4. The molecule has 3 aromatic heterocycles. The molecule has 1 N–H and O–H groups in total. The lowest BCUT2D eigenvalue weighted by Gasteiger charge is -2.17. The molecule has 70 heavy (non-hydrogen) atoms. The van der Waals surface area contributed by atoms with Gasteiger partial charge in [0.2, 0.25) is 9.84 Å². The number of aromatic nitrogens is 3. The van der Waals surface area contributed by atoms with Crippen LogP contribution in [-0.2, 0) is 29.1 Å². The molecule has 0 fully saturated rings. The van der Waals surface area contributed by atoms with Crippen molar-refractivity contribution in [1.82, 2.24) is 19.0 Å². The Balaban J connectivity index is 1.32. The third kappa shape index (κ3) is 7.68. The van der Waals surface area contributed by atoms with Crippen molar-refractivity contribution in [2.45, 2.75) is 101 Å². The number of allylic oxidation sites excluding steroid dienone is 1. The van der Waals surface area contributed by atoms with Gasteiger partial charge in [0.05, 0.1) is 49.0 Å². The van der Waals surface area contributed by atoms with E-state index in [1.165, 1.54) is 122 Å². The molecule has 1 aliphatic carbocycles. The second kappa shape index (κ2) is 18.9. The van der Waals surface area contributed by atoms with Crippen molar-refractivity contribution < 1.29 is 8.42 Å². The first-order valence-corrected chi connectivity index (χ1v) is 26.8. The summed E-state index contributed by atoms with van der Waals surface area (Å²) in [6.07, 6.45) is 15.7. The predicted molar refractivity (Wildman–Crippen MR) is 290 cm³/mol. The Hall–Kier alpha value is -7.34. The van der Waals surface area contributed by atoms with Crippen LogP contribution in [0.25, 0.3) is 77.7 Å². The van der Waals surface area contributed by atoms with Gasteiger partial charge in [-0.3, -0.25) is 0 Å². The Morgan fingerprint density at radius 1 is 0.543 bits per heavy atom. The summed E-state index contributed by atoms with van der Waals surface area (Å²) in [5, 5.41) is 19.0. The maximum Gasteiger partial charge on any atom is 0.206 e. The van der Waals surface area contributed by atoms with Gasteiger partial charge in [-0.15, -0.1) is 0 Å². The van der Waals surface area contributed by atoms with Gasteiger partial charge in [0, 0.05) is 68.0 Å². The largest absolute Gasteiger partial charge is 0.391 e. The molecule has 350 valence electrons. The third-order valence-electron chi connectivity index (χ3n) is 14.7. The Morgan fingerprint density at radius 3 is 1.54 bits per heavy atom. The molecule has 10 aromatic rings. The molecule has 0 saturated heterocycles. The molecule has 0 spiro atoms. The van der Waals surface area contributed by atoms with Gasteiger partial charge in [-0.2, -0.15) is 5.26 Å². The quantitative estimate of drug-likeness (QED) is 0.0978. The standard InChI is InChI=1S/C62H59N5O2S/c1-4-6-8-12-18-42-26-35-54-51(38-42)57-60(65(54)46-20-14-10-15-21-46)58-52-39-43(19-13-9-7-5-2)27-36-55(52)67(48-29-33-50(34-30-48)70(68,69)49-31-24-44(41-63)25-32-49)62(58)59-53-40-45(64-3)28-37-56(53)66(61(57)59)47-22-16-11-17-23-47/h10-11,14-17,20-27,29-36,38-40,64H,4-9,12-13,18-19,28,37H2,1-3H3. The zero-order valence-electron chi connectivity index (χ0n) is 40.4. The minimum atomic E-state index is -3.87. The lowest BCUT2D eigenvalue weighted by atomic mass is 9.96. The maximum atomic E-state index is 14.2. The molecule has 7 aromatic carbocycles. The number of nitriles is 1. The average Bonchev–Trinajstić information content (AvgIpc) is 4.04. The van der Waals surface area contributed by atoms with Crippen LogP contribution in [0.3, 0.4) is 0 Å². The molecule has 0 radical (unpaired) electrons. The summed E-state index contributed by atoms with van der Waals surface area (Å²) in [4.78, 5) is 0.359. The number of hydrogen-bond acceptors (Lipinski definition) is 4. The molecule has 0 bridgehead atoms. The van der Waals surface area contributed by atoms with E-state index in [9.17, 15) is 13.7 Å². The van der Waals surface area contributed by atoms with Crippen LogP contribution in [0.15, 0.2) is 161 Å². The van der Waals surface area contributed by atoms with Gasteiger partial charge in [0.15, 0.2) is 0 Å². The number of hydrogen-bond donors (Lipinski definition) is 1. The van der Waals surface area contributed by atoms with Gasteiger partial charge >= 0.3 is 0 Å². The maximum absolute atomic E-state index is 14.2. The van der Waals surface area contributed by atoms with Gasteiger partial charge in [-0.1, -0.05) is 101 Å². The molecule has 0 unspecified atom stereocenters. The van der Waals surface area contributed by atoms with Crippen molar-refractivity contribution >= 4 is 70.4 Å². The van der Waals surface area contributed by atoms with Crippen molar-refractivity contribution in [3.05, 3.63) is 179 Å². The van der Waals surface area contributed by atoms with Crippen LogP contribution >= 0.6 is 0 Å². The predicted octanol–water partition coefficient (Wildman–Crippen LogP) is 15.3. The highest BCUT2D eigenvalue weighted by Gasteiger charge is 2.32. The third-order valence-corrected chi connectivity index (χ3v) is 16.5. The van der Waals surface area contributed by atoms with E-state index in [1.807, 2.05) is 19.2 Å². The minimum absolute atomic E-state index is 0.158. The Labute approximate surface area is 411 Å². The lowest BCUT2D eigenvalue weighted by Crippen LogP contribution is -2.12. The van der Waals surface area contributed by atoms with Crippen LogP contribution in [-0.4, -0.2) is 29.2 Å². The Kier molecular flexibility index (Phi) is 12.2. The second-order valence-electron chi connectivity index (χ2n) is 19.1. The normalized spacial score (nSPS) is 12.9. The number of sulfone groups is 1. The number of aryl methyl sites for hydroxylation is 2. The monoisotopic (exact) mass is 937 g/mol. The van der Waals surface area contributed by atoms with Gasteiger partial charge in [0.25, 0.3) is 0 Å². The smallest absolute Gasteiger partial charge is 0.206 e. The SMILES string of the molecule is CCCCCCc1ccc2c(c1)c1c(c3c4c(n(-c5ccccc5)c3c3c5cc(CCCCCC)ccc5n(-c5ccccc5)c31)CCC(NC)=C4)n2-c1ccc(S(=O)(=O)c2ccc(C#N)cc2)cc1. The summed E-state index contributed by atoms with van der Waals surface area (Å²) < 4.78 is 35.8. The van der Waals surface area contributed by atoms with Crippen molar-refractivity contribution in [2.75, 3.05) is 7.05 Å². The van der Waals surface area contributed by atoms with Gasteiger partial charge < -0.3 is 19.0 Å². The first kappa shape index (κ1) is 45.1. The molecular weight excluding hydrogens is 879 g/mol. The van der Waals surface area contributed by atoms with Crippen LogP contribution in [0.2, 0.25) is 0 Å². The van der Waals surface area contributed by atoms with Crippen molar-refractivity contribution in [3.8, 4) is 23.1 Å². The van der Waals surface area contributed by atoms with E-state index < -0.39 is 9.84 Å². The lowest BCUT2D eigenvalue weighted by molar-refractivity contribution is 0.596. The molecule has 0 atom stereocenters. The number of benzene rings is 7. The highest BCUT2D eigenvalue weighted by atomic mass is 32.2. The van der Waals surface area contributed by atoms with Gasteiger partial charge in [0.1, 0.15) is 0 Å². The molecule has 8 heteroatoms. The molecule has 7 nitrogen and oxygen atoms in total. The van der Waals surface area contributed by atoms with Gasteiger partial charge in [-0.05, 0) is 153 Å². The average molecular weight is 938 g/mol. The first-order chi connectivity index (χ1) is 34.3. The van der Waals surface area contributed by atoms with Crippen molar-refractivity contribution in [3.63, 3.8) is 0 Å². The summed E-state index contributed by atoms with van der Waals surface area (Å²) in [5.41, 5.74) is 15.6. The van der Waals surface area contributed by atoms with E-state index in [1.54, 1.807) is 24.3 Å². The molecule has 11 rings (SSSR count). The molecule has 0 saturated carbocycles. The molecule has 0 aliphatic heterocycles. The van der Waals surface area contributed by atoms with E-state index >= 15 is 0 Å². The number of para-hydroxylation sites is 2.